The summed E-state index contributed by atoms with van der Waals surface area (Å²) in [5, 5.41) is 0. The molecule has 0 aromatic carbocycles. The van der Waals surface area contributed by atoms with Crippen molar-refractivity contribution in [3.63, 3.8) is 0 Å². The second kappa shape index (κ2) is 2.92. The quantitative estimate of drug-likeness (QED) is 0.418. The highest BCUT2D eigenvalue weighted by Crippen LogP contribution is 2.12. The molecule has 1 heterocycles. The van der Waals surface area contributed by atoms with Gasteiger partial charge in [0.25, 0.3) is 0 Å². The monoisotopic (exact) mass is 155 g/mol. The molecule has 0 atom stereocenters. The third-order valence-corrected chi connectivity index (χ3v) is 1.74. The Balaban J connectivity index is 2.72. The van der Waals surface area contributed by atoms with Crippen LogP contribution in [0.3, 0.4) is 0 Å². The normalized spacial score (nSPS) is 16.9. The van der Waals surface area contributed by atoms with Crippen LogP contribution in [0.15, 0.2) is 11.8 Å². The van der Waals surface area contributed by atoms with Gasteiger partial charge in [0, 0.05) is 6.54 Å². The fourth-order valence-corrected chi connectivity index (χ4v) is 1.23. The Kier molecular flexibility index (Phi) is 2.17. The average molecular weight is 155 g/mol. The summed E-state index contributed by atoms with van der Waals surface area (Å²) in [6.45, 7) is 2.70. The summed E-state index contributed by atoms with van der Waals surface area (Å²) < 4.78 is 0. The molecule has 0 fully saturated rings. The Morgan fingerprint density at radius 1 is 1.90 bits per heavy atom. The van der Waals surface area contributed by atoms with Gasteiger partial charge in [-0.2, -0.15) is 0 Å². The van der Waals surface area contributed by atoms with Crippen molar-refractivity contribution in [3.05, 3.63) is 11.8 Å². The number of hydrogen-bond donors (Lipinski definition) is 0. The second-order valence-electron chi connectivity index (χ2n) is 2.21. The van der Waals surface area contributed by atoms with Crippen LogP contribution in [0.2, 0.25) is 0 Å². The molecule has 0 unspecified atom stereocenters. The van der Waals surface area contributed by atoms with E-state index in [0.29, 0.717) is 5.70 Å². The Morgan fingerprint density at radius 3 is 3.00 bits per heavy atom. The van der Waals surface area contributed by atoms with Gasteiger partial charge in [0.05, 0.1) is 10.7 Å². The number of carbonyl (C=O) groups excluding carboxylic acids is 1. The molecule has 0 N–H and O–H groups in total. The van der Waals surface area contributed by atoms with Crippen LogP contribution >= 0.6 is 12.2 Å². The molecule has 0 saturated carbocycles. The van der Waals surface area contributed by atoms with Gasteiger partial charge in [-0.05, 0) is 13.3 Å². The third kappa shape index (κ3) is 1.24. The number of aldehydes is 1. The topological polar surface area (TPSA) is 20.3 Å². The lowest BCUT2D eigenvalue weighted by atomic mass is 10.4. The molecule has 54 valence electrons. The van der Waals surface area contributed by atoms with E-state index in [0.717, 1.165) is 24.2 Å². The predicted molar refractivity (Wildman–Crippen MR) is 43.7 cm³/mol. The standard InChI is InChI=1S/C7H9NOS/c1-6(10)8-4-2-3-7(8)5-9/h3,5H,2,4H2,1H3. The van der Waals surface area contributed by atoms with Gasteiger partial charge >= 0.3 is 0 Å². The lowest BCUT2D eigenvalue weighted by Crippen LogP contribution is -2.23. The zero-order valence-electron chi connectivity index (χ0n) is 5.83. The van der Waals surface area contributed by atoms with Crippen LogP contribution in [0, 0.1) is 0 Å². The van der Waals surface area contributed by atoms with Crippen LogP contribution in [0.5, 0.6) is 0 Å². The minimum Gasteiger partial charge on any atom is -0.334 e. The Morgan fingerprint density at radius 2 is 2.60 bits per heavy atom. The second-order valence-corrected chi connectivity index (χ2v) is 2.80. The van der Waals surface area contributed by atoms with Crippen molar-refractivity contribution in [3.8, 4) is 0 Å². The highest BCUT2D eigenvalue weighted by molar-refractivity contribution is 7.80. The fourth-order valence-electron chi connectivity index (χ4n) is 1.03. The molecule has 0 amide bonds. The number of allylic oxidation sites excluding steroid dienone is 1. The maximum atomic E-state index is 10.4. The van der Waals surface area contributed by atoms with Gasteiger partial charge in [-0.3, -0.25) is 4.79 Å². The molecule has 0 aliphatic carbocycles. The van der Waals surface area contributed by atoms with E-state index in [1.165, 1.54) is 0 Å². The molecular formula is C7H9NOS. The third-order valence-electron chi connectivity index (χ3n) is 1.52. The summed E-state index contributed by atoms with van der Waals surface area (Å²) in [6.07, 6.45) is 3.69. The molecule has 0 bridgehead atoms. The minimum atomic E-state index is 0.715. The lowest BCUT2D eigenvalue weighted by Gasteiger charge is -2.16. The van der Waals surface area contributed by atoms with Gasteiger partial charge in [0.1, 0.15) is 0 Å². The van der Waals surface area contributed by atoms with E-state index in [-0.39, 0.29) is 0 Å². The van der Waals surface area contributed by atoms with E-state index >= 15 is 0 Å². The molecule has 0 aromatic rings. The summed E-state index contributed by atoms with van der Waals surface area (Å²) >= 11 is 4.92. The lowest BCUT2D eigenvalue weighted by molar-refractivity contribution is -0.105. The van der Waals surface area contributed by atoms with Crippen LogP contribution in [-0.4, -0.2) is 22.7 Å². The summed E-state index contributed by atoms with van der Waals surface area (Å²) in [6, 6.07) is 0. The van der Waals surface area contributed by atoms with Crippen LogP contribution in [0.4, 0.5) is 0 Å². The van der Waals surface area contributed by atoms with Crippen LogP contribution in [0.25, 0.3) is 0 Å². The highest BCUT2D eigenvalue weighted by atomic mass is 32.1. The van der Waals surface area contributed by atoms with Crippen molar-refractivity contribution in [1.82, 2.24) is 4.90 Å². The van der Waals surface area contributed by atoms with Gasteiger partial charge in [-0.1, -0.05) is 18.3 Å². The van der Waals surface area contributed by atoms with Gasteiger partial charge in [-0.25, -0.2) is 0 Å². The van der Waals surface area contributed by atoms with E-state index < -0.39 is 0 Å². The van der Waals surface area contributed by atoms with Crippen molar-refractivity contribution in [2.45, 2.75) is 13.3 Å². The van der Waals surface area contributed by atoms with Crippen molar-refractivity contribution in [1.29, 1.82) is 0 Å². The molecule has 0 aromatic heterocycles. The van der Waals surface area contributed by atoms with Crippen molar-refractivity contribution < 1.29 is 4.79 Å². The van der Waals surface area contributed by atoms with E-state index in [1.807, 2.05) is 17.9 Å². The predicted octanol–water partition coefficient (Wildman–Crippen LogP) is 1.12. The van der Waals surface area contributed by atoms with Gasteiger partial charge in [-0.15, -0.1) is 0 Å². The molecule has 0 spiro atoms. The first-order chi connectivity index (χ1) is 4.75. The fraction of sp³-hybridized carbons (Fsp3) is 0.429. The maximum Gasteiger partial charge on any atom is 0.166 e. The maximum absolute atomic E-state index is 10.4. The summed E-state index contributed by atoms with van der Waals surface area (Å²) in [4.78, 5) is 13.0. The van der Waals surface area contributed by atoms with E-state index in [2.05, 4.69) is 0 Å². The molecule has 3 heteroatoms. The number of thiocarbonyl (C=S) groups is 1. The summed E-state index contributed by atoms with van der Waals surface area (Å²) in [5.41, 5.74) is 0.715. The summed E-state index contributed by atoms with van der Waals surface area (Å²) in [5.74, 6) is 0. The van der Waals surface area contributed by atoms with Crippen molar-refractivity contribution in [2.75, 3.05) is 6.54 Å². The minimum absolute atomic E-state index is 0.715. The average Bonchev–Trinajstić information content (AvgIpc) is 2.33. The van der Waals surface area contributed by atoms with E-state index in [4.69, 9.17) is 12.2 Å². The van der Waals surface area contributed by atoms with Gasteiger partial charge < -0.3 is 4.90 Å². The Hall–Kier alpha value is -0.700. The molecule has 1 rings (SSSR count). The molecule has 10 heavy (non-hydrogen) atoms. The molecule has 1 aliphatic heterocycles. The Labute approximate surface area is 65.5 Å². The van der Waals surface area contributed by atoms with E-state index in [1.54, 1.807) is 0 Å². The molecule has 1 aliphatic rings. The zero-order chi connectivity index (χ0) is 7.56. The largest absolute Gasteiger partial charge is 0.334 e. The highest BCUT2D eigenvalue weighted by Gasteiger charge is 2.14. The number of carbonyl (C=O) groups is 1. The SMILES string of the molecule is CC(=S)N1CCC=C1C=O. The number of hydrogen-bond acceptors (Lipinski definition) is 2. The van der Waals surface area contributed by atoms with Gasteiger partial charge in [0.15, 0.2) is 6.29 Å². The first-order valence-electron chi connectivity index (χ1n) is 3.19. The van der Waals surface area contributed by atoms with Crippen molar-refractivity contribution >= 4 is 23.5 Å². The van der Waals surface area contributed by atoms with Gasteiger partial charge in [0.2, 0.25) is 0 Å². The van der Waals surface area contributed by atoms with Crippen molar-refractivity contribution in [2.24, 2.45) is 0 Å². The smallest absolute Gasteiger partial charge is 0.166 e. The molecule has 2 nitrogen and oxygen atoms in total. The first-order valence-corrected chi connectivity index (χ1v) is 3.60. The molecular weight excluding hydrogens is 146 g/mol. The summed E-state index contributed by atoms with van der Waals surface area (Å²) in [7, 11) is 0. The Bertz CT molecular complexity index is 198. The zero-order valence-corrected chi connectivity index (χ0v) is 6.65. The number of nitrogens with zero attached hydrogens (tertiary/aromatic N) is 1. The molecule has 0 saturated heterocycles. The van der Waals surface area contributed by atoms with Crippen LogP contribution in [0.1, 0.15) is 13.3 Å². The first kappa shape index (κ1) is 7.41. The molecule has 0 radical (unpaired) electrons. The number of rotatable bonds is 1. The van der Waals surface area contributed by atoms with Crippen LogP contribution in [-0.2, 0) is 4.79 Å². The van der Waals surface area contributed by atoms with Crippen LogP contribution < -0.4 is 0 Å². The van der Waals surface area contributed by atoms with E-state index in [9.17, 15) is 4.79 Å².